The lowest BCUT2D eigenvalue weighted by molar-refractivity contribution is 0.0369. The molecule has 0 radical (unpaired) electrons. The number of hydrogen-bond donors (Lipinski definition) is 1. The zero-order valence-electron chi connectivity index (χ0n) is 22.4. The minimum absolute atomic E-state index is 0.00630. The van der Waals surface area contributed by atoms with Gasteiger partial charge in [-0.05, 0) is 80.5 Å². The van der Waals surface area contributed by atoms with Crippen LogP contribution < -0.4 is 15.1 Å². The van der Waals surface area contributed by atoms with Crippen molar-refractivity contribution >= 4 is 28.7 Å². The molecule has 0 saturated carbocycles. The van der Waals surface area contributed by atoms with Crippen LogP contribution in [0.3, 0.4) is 0 Å². The molecule has 3 aromatic rings. The first-order valence-electron chi connectivity index (χ1n) is 13.2. The van der Waals surface area contributed by atoms with Gasteiger partial charge >= 0.3 is 0 Å². The number of aryl methyl sites for hydroxylation is 1. The Balaban J connectivity index is 1.46. The number of pyridine rings is 1. The maximum atomic E-state index is 5.94. The van der Waals surface area contributed by atoms with Gasteiger partial charge in [-0.2, -0.15) is 0 Å². The van der Waals surface area contributed by atoms with E-state index < -0.39 is 0 Å². The van der Waals surface area contributed by atoms with Gasteiger partial charge in [0.15, 0.2) is 5.11 Å². The zero-order chi connectivity index (χ0) is 25.9. The SMILES string of the molecule is Cc1cc([C@H]2[C@H](c3ccccn3)NC(=S)N2c2ccc(N(C)C)cc2)c(C)n1CCCN1CCOCC1. The van der Waals surface area contributed by atoms with E-state index >= 15 is 0 Å². The molecule has 0 aliphatic carbocycles. The fourth-order valence-electron chi connectivity index (χ4n) is 5.61. The molecule has 0 amide bonds. The highest BCUT2D eigenvalue weighted by atomic mass is 32.1. The molecule has 0 spiro atoms. The minimum atomic E-state index is -0.0375. The fourth-order valence-corrected chi connectivity index (χ4v) is 5.95. The Bertz CT molecular complexity index is 1200. The summed E-state index contributed by atoms with van der Waals surface area (Å²) in [5, 5.41) is 4.34. The largest absolute Gasteiger partial charge is 0.379 e. The molecule has 2 aromatic heterocycles. The van der Waals surface area contributed by atoms with E-state index in [0.29, 0.717) is 0 Å². The minimum Gasteiger partial charge on any atom is -0.379 e. The Morgan fingerprint density at radius 3 is 2.49 bits per heavy atom. The molecule has 37 heavy (non-hydrogen) atoms. The molecule has 196 valence electrons. The first-order chi connectivity index (χ1) is 17.9. The highest BCUT2D eigenvalue weighted by Gasteiger charge is 2.42. The summed E-state index contributed by atoms with van der Waals surface area (Å²) in [6, 6.07) is 17.1. The Hall–Kier alpha value is -2.94. The van der Waals surface area contributed by atoms with Crippen molar-refractivity contribution in [1.82, 2.24) is 19.8 Å². The van der Waals surface area contributed by atoms with Crippen LogP contribution >= 0.6 is 12.2 Å². The summed E-state index contributed by atoms with van der Waals surface area (Å²) < 4.78 is 7.98. The summed E-state index contributed by atoms with van der Waals surface area (Å²) >= 11 is 5.94. The number of nitrogens with one attached hydrogen (secondary N) is 1. The number of benzene rings is 1. The molecule has 5 rings (SSSR count). The molecular formula is C29H38N6OS. The van der Waals surface area contributed by atoms with Gasteiger partial charge in [0, 0.05) is 69.2 Å². The van der Waals surface area contributed by atoms with Crippen molar-refractivity contribution in [3.05, 3.63) is 77.4 Å². The summed E-state index contributed by atoms with van der Waals surface area (Å²) in [6.07, 6.45) is 2.98. The van der Waals surface area contributed by atoms with E-state index in [4.69, 9.17) is 21.9 Å². The third kappa shape index (κ3) is 5.37. The predicted octanol–water partition coefficient (Wildman–Crippen LogP) is 4.47. The van der Waals surface area contributed by atoms with Crippen molar-refractivity contribution < 1.29 is 4.74 Å². The van der Waals surface area contributed by atoms with Gasteiger partial charge in [-0.25, -0.2) is 0 Å². The summed E-state index contributed by atoms with van der Waals surface area (Å²) in [5.74, 6) is 0. The second kappa shape index (κ2) is 11.2. The molecule has 2 fully saturated rings. The molecule has 8 heteroatoms. The van der Waals surface area contributed by atoms with Crippen LogP contribution in [0.5, 0.6) is 0 Å². The number of aromatic nitrogens is 2. The number of morpholine rings is 1. The first-order valence-corrected chi connectivity index (χ1v) is 13.6. The van der Waals surface area contributed by atoms with E-state index in [9.17, 15) is 0 Å². The van der Waals surface area contributed by atoms with Crippen LogP contribution in [0.2, 0.25) is 0 Å². The van der Waals surface area contributed by atoms with E-state index in [1.54, 1.807) is 0 Å². The molecule has 0 bridgehead atoms. The summed E-state index contributed by atoms with van der Waals surface area (Å²) in [4.78, 5) is 11.6. The van der Waals surface area contributed by atoms with Crippen LogP contribution in [0, 0.1) is 13.8 Å². The number of ether oxygens (including phenoxy) is 1. The summed E-state index contributed by atoms with van der Waals surface area (Å²) in [6.45, 7) is 10.3. The van der Waals surface area contributed by atoms with Crippen molar-refractivity contribution in [1.29, 1.82) is 0 Å². The number of hydrogen-bond acceptors (Lipinski definition) is 5. The monoisotopic (exact) mass is 518 g/mol. The lowest BCUT2D eigenvalue weighted by atomic mass is 9.96. The Morgan fingerprint density at radius 2 is 1.81 bits per heavy atom. The van der Waals surface area contributed by atoms with E-state index in [2.05, 4.69) is 88.9 Å². The van der Waals surface area contributed by atoms with E-state index in [1.165, 1.54) is 17.0 Å². The second-order valence-electron chi connectivity index (χ2n) is 10.2. The average Bonchev–Trinajstić information content (AvgIpc) is 3.40. The lowest BCUT2D eigenvalue weighted by Crippen LogP contribution is -2.37. The first kappa shape index (κ1) is 25.7. The standard InChI is InChI=1S/C29H38N6OS/c1-21-20-25(22(2)34(21)15-7-14-33-16-18-36-19-17-33)28-27(26-8-5-6-13-30-26)31-29(37)35(28)24-11-9-23(10-12-24)32(3)4/h5-6,8-13,20,27-28H,7,14-19H2,1-4H3,(H,31,37)/t27-,28-/m0/s1. The Kier molecular flexibility index (Phi) is 7.79. The molecule has 7 nitrogen and oxygen atoms in total. The molecular weight excluding hydrogens is 480 g/mol. The van der Waals surface area contributed by atoms with Crippen LogP contribution in [0.15, 0.2) is 54.7 Å². The highest BCUT2D eigenvalue weighted by molar-refractivity contribution is 7.80. The highest BCUT2D eigenvalue weighted by Crippen LogP contribution is 2.43. The zero-order valence-corrected chi connectivity index (χ0v) is 23.2. The molecule has 1 N–H and O–H groups in total. The van der Waals surface area contributed by atoms with Gasteiger partial charge < -0.3 is 24.4 Å². The fraction of sp³-hybridized carbons (Fsp3) is 0.448. The van der Waals surface area contributed by atoms with Crippen molar-refractivity contribution in [3.63, 3.8) is 0 Å². The number of thiocarbonyl (C=S) groups is 1. The normalized spacial score (nSPS) is 20.3. The number of anilines is 2. The predicted molar refractivity (Wildman–Crippen MR) is 154 cm³/mol. The van der Waals surface area contributed by atoms with Crippen LogP contribution in [-0.4, -0.2) is 66.5 Å². The van der Waals surface area contributed by atoms with Crippen LogP contribution in [0.4, 0.5) is 11.4 Å². The van der Waals surface area contributed by atoms with Crippen molar-refractivity contribution in [3.8, 4) is 0 Å². The summed E-state index contributed by atoms with van der Waals surface area (Å²) in [5.41, 5.74) is 7.13. The molecule has 1 aromatic carbocycles. The average molecular weight is 519 g/mol. The molecule has 4 heterocycles. The van der Waals surface area contributed by atoms with Gasteiger partial charge in [-0.15, -0.1) is 0 Å². The van der Waals surface area contributed by atoms with Crippen LogP contribution in [0.25, 0.3) is 0 Å². The molecule has 2 atom stereocenters. The van der Waals surface area contributed by atoms with Gasteiger partial charge in [0.05, 0.1) is 31.0 Å². The van der Waals surface area contributed by atoms with Crippen molar-refractivity contribution in [2.24, 2.45) is 0 Å². The number of rotatable bonds is 8. The van der Waals surface area contributed by atoms with Gasteiger partial charge in [-0.1, -0.05) is 6.07 Å². The van der Waals surface area contributed by atoms with Gasteiger partial charge in [0.1, 0.15) is 0 Å². The molecule has 2 aliphatic rings. The third-order valence-electron chi connectivity index (χ3n) is 7.63. The van der Waals surface area contributed by atoms with E-state index in [1.807, 2.05) is 18.3 Å². The van der Waals surface area contributed by atoms with Crippen LogP contribution in [0.1, 0.15) is 41.1 Å². The molecule has 0 unspecified atom stereocenters. The second-order valence-corrected chi connectivity index (χ2v) is 10.6. The Morgan fingerprint density at radius 1 is 1.05 bits per heavy atom. The number of nitrogens with zero attached hydrogens (tertiary/aromatic N) is 5. The van der Waals surface area contributed by atoms with Gasteiger partial charge in [0.25, 0.3) is 0 Å². The van der Waals surface area contributed by atoms with Crippen molar-refractivity contribution in [2.75, 3.05) is 56.7 Å². The van der Waals surface area contributed by atoms with E-state index in [-0.39, 0.29) is 12.1 Å². The maximum Gasteiger partial charge on any atom is 0.174 e. The quantitative estimate of drug-likeness (QED) is 0.442. The van der Waals surface area contributed by atoms with Crippen LogP contribution in [-0.2, 0) is 11.3 Å². The van der Waals surface area contributed by atoms with E-state index in [0.717, 1.165) is 68.0 Å². The third-order valence-corrected chi connectivity index (χ3v) is 7.95. The lowest BCUT2D eigenvalue weighted by Gasteiger charge is -2.29. The van der Waals surface area contributed by atoms with Gasteiger partial charge in [-0.3, -0.25) is 9.88 Å². The summed E-state index contributed by atoms with van der Waals surface area (Å²) in [7, 11) is 4.12. The molecule has 2 saturated heterocycles. The van der Waals surface area contributed by atoms with Gasteiger partial charge in [0.2, 0.25) is 0 Å². The smallest absolute Gasteiger partial charge is 0.174 e. The maximum absolute atomic E-state index is 5.94. The Labute approximate surface area is 226 Å². The van der Waals surface area contributed by atoms with Crippen molar-refractivity contribution in [2.45, 2.75) is 38.9 Å². The topological polar surface area (TPSA) is 48.8 Å². The molecule has 2 aliphatic heterocycles.